The van der Waals surface area contributed by atoms with E-state index in [-0.39, 0.29) is 11.9 Å². The molecular formula is C20H19N3O2. The first-order chi connectivity index (χ1) is 12.0. The Morgan fingerprint density at radius 3 is 2.40 bits per heavy atom. The highest BCUT2D eigenvalue weighted by atomic mass is 16.2. The molecule has 5 nitrogen and oxygen atoms in total. The number of imide groups is 1. The summed E-state index contributed by atoms with van der Waals surface area (Å²) in [7, 11) is 0. The van der Waals surface area contributed by atoms with Gasteiger partial charge in [-0.15, -0.1) is 0 Å². The molecule has 1 fully saturated rings. The highest BCUT2D eigenvalue weighted by Crippen LogP contribution is 2.29. The number of hydrogen-bond acceptors (Lipinski definition) is 3. The van der Waals surface area contributed by atoms with Crippen molar-refractivity contribution in [3.63, 3.8) is 0 Å². The van der Waals surface area contributed by atoms with Crippen molar-refractivity contribution >= 4 is 11.9 Å². The fourth-order valence-corrected chi connectivity index (χ4v) is 3.06. The molecule has 3 rings (SSSR count). The smallest absolute Gasteiger partial charge is 0.319 e. The molecule has 1 aliphatic heterocycles. The van der Waals surface area contributed by atoms with Gasteiger partial charge in [0.25, 0.3) is 5.91 Å². The fourth-order valence-electron chi connectivity index (χ4n) is 3.06. The van der Waals surface area contributed by atoms with Crippen molar-refractivity contribution in [2.75, 3.05) is 6.54 Å². The van der Waals surface area contributed by atoms with E-state index >= 15 is 0 Å². The average Bonchev–Trinajstić information content (AvgIpc) is 2.86. The summed E-state index contributed by atoms with van der Waals surface area (Å²) in [5, 5.41) is 11.7. The molecule has 1 atom stereocenters. The van der Waals surface area contributed by atoms with Crippen LogP contribution in [0.4, 0.5) is 4.79 Å². The number of benzene rings is 2. The normalized spacial score (nSPS) is 19.6. The third-order valence-corrected chi connectivity index (χ3v) is 4.56. The molecule has 0 aliphatic carbocycles. The van der Waals surface area contributed by atoms with Gasteiger partial charge in [-0.05, 0) is 43.0 Å². The van der Waals surface area contributed by atoms with Gasteiger partial charge < -0.3 is 5.32 Å². The summed E-state index contributed by atoms with van der Waals surface area (Å²) in [6, 6.07) is 18.4. The molecule has 1 N–H and O–H groups in total. The van der Waals surface area contributed by atoms with Crippen molar-refractivity contribution in [3.05, 3.63) is 71.3 Å². The number of nitriles is 1. The summed E-state index contributed by atoms with van der Waals surface area (Å²) in [6.07, 6.45) is 1.53. The number of amides is 3. The third-order valence-electron chi connectivity index (χ3n) is 4.56. The van der Waals surface area contributed by atoms with E-state index in [2.05, 4.69) is 5.32 Å². The van der Waals surface area contributed by atoms with Gasteiger partial charge in [0.2, 0.25) is 0 Å². The minimum Gasteiger partial charge on any atom is -0.319 e. The van der Waals surface area contributed by atoms with E-state index in [4.69, 9.17) is 5.26 Å². The van der Waals surface area contributed by atoms with Gasteiger partial charge in [-0.25, -0.2) is 4.79 Å². The van der Waals surface area contributed by atoms with E-state index in [1.807, 2.05) is 36.4 Å². The lowest BCUT2D eigenvalue weighted by Crippen LogP contribution is -2.41. The minimum absolute atomic E-state index is 0.254. The van der Waals surface area contributed by atoms with E-state index in [0.717, 1.165) is 6.42 Å². The van der Waals surface area contributed by atoms with Gasteiger partial charge in [0, 0.05) is 6.54 Å². The molecule has 3 amide bonds. The third kappa shape index (κ3) is 3.24. The Balaban J connectivity index is 1.69. The molecular weight excluding hydrogens is 314 g/mol. The van der Waals surface area contributed by atoms with Crippen molar-refractivity contribution < 1.29 is 9.59 Å². The quantitative estimate of drug-likeness (QED) is 0.855. The van der Waals surface area contributed by atoms with Crippen LogP contribution in [0.1, 0.15) is 30.0 Å². The highest BCUT2D eigenvalue weighted by Gasteiger charge is 2.48. The van der Waals surface area contributed by atoms with Gasteiger partial charge >= 0.3 is 6.03 Å². The summed E-state index contributed by atoms with van der Waals surface area (Å²) >= 11 is 0. The monoisotopic (exact) mass is 333 g/mol. The van der Waals surface area contributed by atoms with Crippen LogP contribution < -0.4 is 5.32 Å². The van der Waals surface area contributed by atoms with Crippen LogP contribution in [-0.4, -0.2) is 23.4 Å². The standard InChI is InChI=1S/C20H19N3O2/c1-20(17-11-9-16(14-21)10-12-17)18(24)23(19(25)22-20)13-5-8-15-6-3-2-4-7-15/h2-4,6-7,9-12H,5,8,13H2,1H3,(H,22,25). The number of hydrogen-bond donors (Lipinski definition) is 1. The SMILES string of the molecule is CC1(c2ccc(C#N)cc2)NC(=O)N(CCCc2ccccc2)C1=O. The van der Waals surface area contributed by atoms with Gasteiger partial charge in [-0.2, -0.15) is 5.26 Å². The average molecular weight is 333 g/mol. The molecule has 25 heavy (non-hydrogen) atoms. The molecule has 0 aromatic heterocycles. The molecule has 0 radical (unpaired) electrons. The lowest BCUT2D eigenvalue weighted by Gasteiger charge is -2.22. The highest BCUT2D eigenvalue weighted by molar-refractivity contribution is 6.07. The molecule has 1 saturated heterocycles. The van der Waals surface area contributed by atoms with Crippen LogP contribution in [0.15, 0.2) is 54.6 Å². The predicted octanol–water partition coefficient (Wildman–Crippen LogP) is 2.96. The maximum absolute atomic E-state index is 12.8. The topological polar surface area (TPSA) is 73.2 Å². The van der Waals surface area contributed by atoms with Crippen molar-refractivity contribution in [3.8, 4) is 6.07 Å². The fraction of sp³-hybridized carbons (Fsp3) is 0.250. The molecule has 1 heterocycles. The zero-order chi connectivity index (χ0) is 17.9. The number of carbonyl (C=O) groups is 2. The second-order valence-corrected chi connectivity index (χ2v) is 6.29. The Morgan fingerprint density at radius 1 is 1.08 bits per heavy atom. The van der Waals surface area contributed by atoms with Crippen molar-refractivity contribution in [2.24, 2.45) is 0 Å². The Morgan fingerprint density at radius 2 is 1.76 bits per heavy atom. The lowest BCUT2D eigenvalue weighted by atomic mass is 9.91. The first kappa shape index (κ1) is 16.7. The molecule has 5 heteroatoms. The maximum atomic E-state index is 12.8. The molecule has 126 valence electrons. The molecule has 1 aliphatic rings. The number of rotatable bonds is 5. The molecule has 0 spiro atoms. The lowest BCUT2D eigenvalue weighted by molar-refractivity contribution is -0.131. The maximum Gasteiger partial charge on any atom is 0.325 e. The first-order valence-corrected chi connectivity index (χ1v) is 8.23. The van der Waals surface area contributed by atoms with E-state index in [0.29, 0.717) is 24.1 Å². The molecule has 2 aromatic carbocycles. The van der Waals surface area contributed by atoms with Crippen molar-refractivity contribution in [2.45, 2.75) is 25.3 Å². The summed E-state index contributed by atoms with van der Waals surface area (Å²) < 4.78 is 0. The van der Waals surface area contributed by atoms with Gasteiger partial charge in [0.05, 0.1) is 11.6 Å². The van der Waals surface area contributed by atoms with Gasteiger partial charge in [0.1, 0.15) is 5.54 Å². The van der Waals surface area contributed by atoms with Crippen LogP contribution >= 0.6 is 0 Å². The minimum atomic E-state index is -1.09. The Hall–Kier alpha value is -3.13. The predicted molar refractivity (Wildman–Crippen MR) is 93.5 cm³/mol. The van der Waals surface area contributed by atoms with E-state index < -0.39 is 5.54 Å². The van der Waals surface area contributed by atoms with Crippen LogP contribution in [0, 0.1) is 11.3 Å². The van der Waals surface area contributed by atoms with E-state index in [1.165, 1.54) is 10.5 Å². The van der Waals surface area contributed by atoms with Crippen molar-refractivity contribution in [1.29, 1.82) is 5.26 Å². The Labute approximate surface area is 146 Å². The van der Waals surface area contributed by atoms with E-state index in [9.17, 15) is 9.59 Å². The van der Waals surface area contributed by atoms with Crippen LogP contribution in [0.2, 0.25) is 0 Å². The van der Waals surface area contributed by atoms with Gasteiger partial charge in [0.15, 0.2) is 0 Å². The first-order valence-electron chi connectivity index (χ1n) is 8.23. The van der Waals surface area contributed by atoms with Crippen LogP contribution in [0.5, 0.6) is 0 Å². The molecule has 0 saturated carbocycles. The van der Waals surface area contributed by atoms with Crippen molar-refractivity contribution in [1.82, 2.24) is 10.2 Å². The van der Waals surface area contributed by atoms with E-state index in [1.54, 1.807) is 31.2 Å². The zero-order valence-corrected chi connectivity index (χ0v) is 14.0. The number of carbonyl (C=O) groups excluding carboxylic acids is 2. The second kappa shape index (κ2) is 6.78. The number of urea groups is 1. The molecule has 0 bridgehead atoms. The Bertz CT molecular complexity index is 824. The van der Waals surface area contributed by atoms with Crippen LogP contribution in [0.25, 0.3) is 0 Å². The van der Waals surface area contributed by atoms with Crippen LogP contribution in [0.3, 0.4) is 0 Å². The largest absolute Gasteiger partial charge is 0.325 e. The number of aryl methyl sites for hydroxylation is 1. The molecule has 2 aromatic rings. The zero-order valence-electron chi connectivity index (χ0n) is 14.0. The number of nitrogens with one attached hydrogen (secondary N) is 1. The summed E-state index contributed by atoms with van der Waals surface area (Å²) in [6.45, 7) is 2.08. The molecule has 1 unspecified atom stereocenters. The second-order valence-electron chi connectivity index (χ2n) is 6.29. The number of nitrogens with zero attached hydrogens (tertiary/aromatic N) is 2. The summed E-state index contributed by atoms with van der Waals surface area (Å²) in [5.74, 6) is -0.254. The Kier molecular flexibility index (Phi) is 4.53. The van der Waals surface area contributed by atoms with Gasteiger partial charge in [-0.3, -0.25) is 9.69 Å². The van der Waals surface area contributed by atoms with Gasteiger partial charge in [-0.1, -0.05) is 42.5 Å². The summed E-state index contributed by atoms with van der Waals surface area (Å²) in [4.78, 5) is 26.4. The summed E-state index contributed by atoms with van der Waals surface area (Å²) in [5.41, 5.74) is 1.29. The van der Waals surface area contributed by atoms with Crippen LogP contribution in [-0.2, 0) is 16.8 Å².